The predicted molar refractivity (Wildman–Crippen MR) is 53.8 cm³/mol. The largest absolute Gasteiger partial charge is 1.00 e. The molecule has 2 nitrogen and oxygen atoms in total. The summed E-state index contributed by atoms with van der Waals surface area (Å²) in [6, 6.07) is 4.54. The van der Waals surface area contributed by atoms with Crippen molar-refractivity contribution in [3.8, 4) is 0 Å². The number of benzene rings is 1. The first-order valence-electron chi connectivity index (χ1n) is 3.55. The molecule has 0 spiro atoms. The zero-order valence-electron chi connectivity index (χ0n) is 7.14. The second-order valence-corrected chi connectivity index (χ2v) is 3.85. The molecule has 0 saturated carbocycles. The summed E-state index contributed by atoms with van der Waals surface area (Å²) in [5, 5.41) is 5.84. The zero-order valence-corrected chi connectivity index (χ0v) is 9.46. The van der Waals surface area contributed by atoms with Crippen LogP contribution in [-0.2, 0) is 5.75 Å². The highest BCUT2D eigenvalue weighted by Gasteiger charge is 2.08. The minimum absolute atomic E-state index is 0. The first-order chi connectivity index (χ1) is 6.11. The lowest BCUT2D eigenvalue weighted by molar-refractivity contribution is -0.110. The van der Waals surface area contributed by atoms with Crippen LogP contribution in [0.4, 0.5) is 4.39 Å². The van der Waals surface area contributed by atoms with E-state index in [1.54, 1.807) is 12.1 Å². The van der Waals surface area contributed by atoms with Crippen molar-refractivity contribution >= 4 is 28.5 Å². The molecule has 0 bridgehead atoms. The predicted octanol–water partition coefficient (Wildman–Crippen LogP) is -2.21. The monoisotopic (exact) mass is 254 g/mol. The van der Waals surface area contributed by atoms with Gasteiger partial charge in [-0.3, -0.25) is 11.1 Å². The van der Waals surface area contributed by atoms with Crippen molar-refractivity contribution in [1.29, 1.82) is 0 Å². The van der Waals surface area contributed by atoms with Gasteiger partial charge < -0.3 is 12.4 Å². The Morgan fingerprint density at radius 2 is 2.21 bits per heavy atom. The lowest BCUT2D eigenvalue weighted by atomic mass is 10.2. The third-order valence-electron chi connectivity index (χ3n) is 1.44. The van der Waals surface area contributed by atoms with Crippen molar-refractivity contribution in [2.75, 3.05) is 0 Å². The molecule has 0 amide bonds. The molecule has 0 unspecified atom stereocenters. The summed E-state index contributed by atoms with van der Waals surface area (Å²) in [7, 11) is 0. The van der Waals surface area contributed by atoms with Crippen LogP contribution in [0, 0.1) is 5.82 Å². The van der Waals surface area contributed by atoms with Crippen LogP contribution in [0.5, 0.6) is 0 Å². The topological polar surface area (TPSA) is 51.6 Å². The Balaban J connectivity index is 0.00000169. The van der Waals surface area contributed by atoms with Crippen molar-refractivity contribution in [2.24, 2.45) is 5.73 Å². The summed E-state index contributed by atoms with van der Waals surface area (Å²) in [5.74, 6) is 0.0228. The van der Waals surface area contributed by atoms with E-state index in [-0.39, 0.29) is 23.4 Å². The fourth-order valence-electron chi connectivity index (χ4n) is 0.826. The number of nitrogens with two attached hydrogens (primary N) is 2. The molecular formula is C8H9Cl2FN2S. The molecule has 0 aliphatic rings. The van der Waals surface area contributed by atoms with Crippen LogP contribution in [-0.4, -0.2) is 5.17 Å². The van der Waals surface area contributed by atoms with Crippen LogP contribution in [0.25, 0.3) is 0 Å². The third-order valence-corrected chi connectivity index (χ3v) is 2.57. The molecule has 0 radical (unpaired) electrons. The number of rotatable bonds is 2. The van der Waals surface area contributed by atoms with Gasteiger partial charge in [0.25, 0.3) is 5.17 Å². The highest BCUT2D eigenvalue weighted by atomic mass is 35.5. The average molecular weight is 255 g/mol. The Morgan fingerprint density at radius 1 is 1.57 bits per heavy atom. The zero-order chi connectivity index (χ0) is 9.84. The van der Waals surface area contributed by atoms with Gasteiger partial charge in [-0.15, -0.1) is 0 Å². The third kappa shape index (κ3) is 3.74. The summed E-state index contributed by atoms with van der Waals surface area (Å²) in [4.78, 5) is 0. The van der Waals surface area contributed by atoms with Crippen molar-refractivity contribution in [3.05, 3.63) is 34.6 Å². The van der Waals surface area contributed by atoms with Crippen LogP contribution in [0.2, 0.25) is 5.02 Å². The van der Waals surface area contributed by atoms with Crippen LogP contribution in [0.1, 0.15) is 5.56 Å². The fraction of sp³-hybridized carbons (Fsp3) is 0.125. The second-order valence-electron chi connectivity index (χ2n) is 2.39. The Morgan fingerprint density at radius 3 is 2.71 bits per heavy atom. The second kappa shape index (κ2) is 6.11. The highest BCUT2D eigenvalue weighted by Crippen LogP contribution is 2.23. The molecule has 78 valence electrons. The van der Waals surface area contributed by atoms with Gasteiger partial charge in [0.05, 0.1) is 0 Å². The van der Waals surface area contributed by atoms with Gasteiger partial charge in [0.1, 0.15) is 5.82 Å². The standard InChI is InChI=1S/C8H8ClFN2S.ClH/c9-6-2-1-3-7(10)5(6)4-13-8(11)12;/h1-3H,4H2,(H3,11,12);1H. The van der Waals surface area contributed by atoms with Gasteiger partial charge in [-0.1, -0.05) is 17.7 Å². The molecule has 1 aromatic carbocycles. The molecule has 1 aromatic rings. The van der Waals surface area contributed by atoms with Crippen molar-refractivity contribution in [1.82, 2.24) is 0 Å². The van der Waals surface area contributed by atoms with Gasteiger partial charge in [0.15, 0.2) is 0 Å². The summed E-state index contributed by atoms with van der Waals surface area (Å²) < 4.78 is 13.1. The van der Waals surface area contributed by atoms with E-state index in [1.807, 2.05) is 0 Å². The maximum atomic E-state index is 13.1. The first-order valence-corrected chi connectivity index (χ1v) is 4.91. The van der Waals surface area contributed by atoms with Crippen LogP contribution < -0.4 is 23.5 Å². The van der Waals surface area contributed by atoms with Gasteiger partial charge in [0.2, 0.25) is 0 Å². The number of amidine groups is 1. The van der Waals surface area contributed by atoms with E-state index in [2.05, 4.69) is 0 Å². The molecule has 4 N–H and O–H groups in total. The number of hydrogen-bond donors (Lipinski definition) is 2. The van der Waals surface area contributed by atoms with Crippen molar-refractivity contribution < 1.29 is 22.2 Å². The Kier molecular flexibility index (Phi) is 5.92. The van der Waals surface area contributed by atoms with Gasteiger partial charge in [-0.25, -0.2) is 4.39 Å². The van der Waals surface area contributed by atoms with Gasteiger partial charge in [0, 0.05) is 16.3 Å². The molecule has 0 aromatic heterocycles. The molecule has 0 fully saturated rings. The van der Waals surface area contributed by atoms with Crippen molar-refractivity contribution in [2.45, 2.75) is 5.75 Å². The maximum Gasteiger partial charge on any atom is 0.300 e. The summed E-state index contributed by atoms with van der Waals surface area (Å²) in [5.41, 5.74) is 5.67. The van der Waals surface area contributed by atoms with Gasteiger partial charge >= 0.3 is 0 Å². The maximum absolute atomic E-state index is 13.1. The molecule has 0 aliphatic heterocycles. The van der Waals surface area contributed by atoms with Gasteiger partial charge in [-0.2, -0.15) is 0 Å². The SMILES string of the molecule is NC(=[NH2+])SCc1c(F)cccc1Cl.[Cl-]. The van der Waals surface area contributed by atoms with E-state index >= 15 is 0 Å². The summed E-state index contributed by atoms with van der Waals surface area (Å²) in [6.07, 6.45) is 0. The molecule has 6 heteroatoms. The number of halogens is 3. The van der Waals surface area contributed by atoms with Crippen LogP contribution in [0.3, 0.4) is 0 Å². The molecule has 0 saturated heterocycles. The van der Waals surface area contributed by atoms with E-state index in [1.165, 1.54) is 6.07 Å². The normalized spacial score (nSPS) is 9.29. The molecule has 0 aliphatic carbocycles. The summed E-state index contributed by atoms with van der Waals surface area (Å²) >= 11 is 6.93. The van der Waals surface area contributed by atoms with Crippen molar-refractivity contribution in [3.63, 3.8) is 0 Å². The number of hydrogen-bond acceptors (Lipinski definition) is 1. The smallest absolute Gasteiger partial charge is 0.300 e. The van der Waals surface area contributed by atoms with E-state index in [4.69, 9.17) is 22.7 Å². The minimum Gasteiger partial charge on any atom is -1.00 e. The lowest BCUT2D eigenvalue weighted by Gasteiger charge is -2.02. The Labute approximate surface area is 96.9 Å². The fourth-order valence-corrected chi connectivity index (χ4v) is 1.74. The van der Waals surface area contributed by atoms with Gasteiger partial charge in [-0.05, 0) is 23.9 Å². The minimum atomic E-state index is -0.332. The van der Waals surface area contributed by atoms with E-state index in [0.29, 0.717) is 16.3 Å². The lowest BCUT2D eigenvalue weighted by Crippen LogP contribution is -3.00. The quantitative estimate of drug-likeness (QED) is 0.465. The molecule has 14 heavy (non-hydrogen) atoms. The first kappa shape index (κ1) is 13.5. The van der Waals surface area contributed by atoms with E-state index < -0.39 is 0 Å². The molecule has 1 rings (SSSR count). The molecule has 0 atom stereocenters. The number of thioether (sulfide) groups is 1. The van der Waals surface area contributed by atoms with E-state index in [0.717, 1.165) is 11.8 Å². The average Bonchev–Trinajstić information content (AvgIpc) is 2.03. The Bertz CT molecular complexity index is 313. The van der Waals surface area contributed by atoms with E-state index in [9.17, 15) is 4.39 Å². The van der Waals surface area contributed by atoms with Crippen LogP contribution >= 0.6 is 23.4 Å². The molecule has 0 heterocycles. The Hall–Kier alpha value is -0.450. The molecular weight excluding hydrogens is 246 g/mol. The van der Waals surface area contributed by atoms with Crippen LogP contribution in [0.15, 0.2) is 18.2 Å². The summed E-state index contributed by atoms with van der Waals surface area (Å²) in [6.45, 7) is 0. The highest BCUT2D eigenvalue weighted by molar-refractivity contribution is 8.12.